The highest BCUT2D eigenvalue weighted by Gasteiger charge is 2.35. The fourth-order valence-corrected chi connectivity index (χ4v) is 2.05. The zero-order valence-electron chi connectivity index (χ0n) is 10.7. The monoisotopic (exact) mass is 339 g/mol. The number of anilines is 1. The molecule has 0 bridgehead atoms. The van der Waals surface area contributed by atoms with Crippen LogP contribution < -0.4 is 10.6 Å². The molecule has 0 amide bonds. The first-order chi connectivity index (χ1) is 8.86. The first-order valence-corrected chi connectivity index (χ1v) is 6.79. The van der Waals surface area contributed by atoms with Crippen LogP contribution in [0.4, 0.5) is 19.0 Å². The Balaban J connectivity index is 2.81. The van der Waals surface area contributed by atoms with Crippen molar-refractivity contribution >= 4 is 21.7 Å². The van der Waals surface area contributed by atoms with Gasteiger partial charge in [0.25, 0.3) is 0 Å². The Morgan fingerprint density at radius 2 is 2.00 bits per heavy atom. The zero-order chi connectivity index (χ0) is 14.5. The van der Waals surface area contributed by atoms with E-state index in [4.69, 9.17) is 5.73 Å². The molecule has 0 saturated heterocycles. The minimum atomic E-state index is -4.41. The predicted molar refractivity (Wildman–Crippen MR) is 73.1 cm³/mol. The molecule has 0 spiro atoms. The molecule has 19 heavy (non-hydrogen) atoms. The molecule has 1 heterocycles. The number of aromatic nitrogens is 1. The standard InChI is InChI=1S/C12H17BrF3N3/c1-19(6-4-2-3-5-17)11-10(12(14,15)16)7-9(13)8-18-11/h7-8H,2-6,17H2,1H3. The minimum Gasteiger partial charge on any atom is -0.359 e. The molecule has 1 aromatic heterocycles. The Morgan fingerprint density at radius 1 is 1.32 bits per heavy atom. The van der Waals surface area contributed by atoms with Crippen molar-refractivity contribution in [1.29, 1.82) is 0 Å². The van der Waals surface area contributed by atoms with Gasteiger partial charge in [-0.3, -0.25) is 0 Å². The molecule has 108 valence electrons. The van der Waals surface area contributed by atoms with Crippen molar-refractivity contribution in [2.75, 3.05) is 25.0 Å². The van der Waals surface area contributed by atoms with Gasteiger partial charge in [0.1, 0.15) is 5.82 Å². The van der Waals surface area contributed by atoms with Crippen molar-refractivity contribution in [1.82, 2.24) is 4.98 Å². The topological polar surface area (TPSA) is 42.1 Å². The van der Waals surface area contributed by atoms with Gasteiger partial charge in [-0.25, -0.2) is 4.98 Å². The number of pyridine rings is 1. The fourth-order valence-electron chi connectivity index (χ4n) is 1.72. The number of hydrogen-bond acceptors (Lipinski definition) is 3. The summed E-state index contributed by atoms with van der Waals surface area (Å²) in [6.07, 6.45) is -0.451. The average Bonchev–Trinajstić information content (AvgIpc) is 2.33. The van der Waals surface area contributed by atoms with E-state index in [1.165, 1.54) is 11.1 Å². The van der Waals surface area contributed by atoms with Crippen LogP contribution in [0.25, 0.3) is 0 Å². The third-order valence-corrected chi connectivity index (χ3v) is 3.13. The van der Waals surface area contributed by atoms with Crippen molar-refractivity contribution in [3.05, 3.63) is 22.3 Å². The first-order valence-electron chi connectivity index (χ1n) is 6.00. The van der Waals surface area contributed by atoms with E-state index in [0.717, 1.165) is 25.3 Å². The lowest BCUT2D eigenvalue weighted by Crippen LogP contribution is -2.24. The van der Waals surface area contributed by atoms with Crippen LogP contribution in [-0.2, 0) is 6.18 Å². The maximum absolute atomic E-state index is 12.9. The van der Waals surface area contributed by atoms with Crippen LogP contribution in [0.15, 0.2) is 16.7 Å². The summed E-state index contributed by atoms with van der Waals surface area (Å²) in [4.78, 5) is 5.41. The van der Waals surface area contributed by atoms with Crippen molar-refractivity contribution in [3.63, 3.8) is 0 Å². The molecule has 2 N–H and O–H groups in total. The van der Waals surface area contributed by atoms with E-state index in [2.05, 4.69) is 20.9 Å². The highest BCUT2D eigenvalue weighted by molar-refractivity contribution is 9.10. The van der Waals surface area contributed by atoms with Crippen molar-refractivity contribution < 1.29 is 13.2 Å². The minimum absolute atomic E-state index is 0.0385. The number of nitrogens with two attached hydrogens (primary N) is 1. The summed E-state index contributed by atoms with van der Waals surface area (Å²) >= 11 is 3.02. The summed E-state index contributed by atoms with van der Waals surface area (Å²) < 4.78 is 39.1. The van der Waals surface area contributed by atoms with Gasteiger partial charge in [-0.15, -0.1) is 0 Å². The molecule has 0 fully saturated rings. The molecule has 1 rings (SSSR count). The predicted octanol–water partition coefficient (Wildman–Crippen LogP) is 3.43. The molecule has 7 heteroatoms. The molecule has 0 atom stereocenters. The number of hydrogen-bond donors (Lipinski definition) is 1. The van der Waals surface area contributed by atoms with Gasteiger partial charge in [0.15, 0.2) is 0 Å². The van der Waals surface area contributed by atoms with Gasteiger partial charge in [0.05, 0.1) is 5.56 Å². The number of alkyl halides is 3. The van der Waals surface area contributed by atoms with Crippen molar-refractivity contribution in [2.24, 2.45) is 5.73 Å². The van der Waals surface area contributed by atoms with Crippen LogP contribution in [-0.4, -0.2) is 25.1 Å². The molecule has 0 aliphatic heterocycles. The van der Waals surface area contributed by atoms with E-state index >= 15 is 0 Å². The Bertz CT molecular complexity index is 410. The van der Waals surface area contributed by atoms with Crippen LogP contribution in [0, 0.1) is 0 Å². The van der Waals surface area contributed by atoms with Gasteiger partial charge in [0.2, 0.25) is 0 Å². The Kier molecular flexibility index (Phi) is 6.06. The highest BCUT2D eigenvalue weighted by atomic mass is 79.9. The van der Waals surface area contributed by atoms with Crippen LogP contribution in [0.2, 0.25) is 0 Å². The van der Waals surface area contributed by atoms with Crippen molar-refractivity contribution in [2.45, 2.75) is 25.4 Å². The summed E-state index contributed by atoms with van der Waals surface area (Å²) in [6, 6.07) is 1.05. The van der Waals surface area contributed by atoms with Gasteiger partial charge in [-0.1, -0.05) is 6.42 Å². The van der Waals surface area contributed by atoms with E-state index in [-0.39, 0.29) is 5.82 Å². The molecule has 1 aromatic rings. The van der Waals surface area contributed by atoms with Crippen LogP contribution in [0.1, 0.15) is 24.8 Å². The second-order valence-electron chi connectivity index (χ2n) is 4.29. The van der Waals surface area contributed by atoms with Crippen LogP contribution in [0.5, 0.6) is 0 Å². The number of rotatable bonds is 6. The first kappa shape index (κ1) is 16.2. The lowest BCUT2D eigenvalue weighted by atomic mass is 10.2. The molecule has 0 aliphatic carbocycles. The Hall–Kier alpha value is -0.820. The second-order valence-corrected chi connectivity index (χ2v) is 5.21. The Morgan fingerprint density at radius 3 is 2.58 bits per heavy atom. The molecule has 0 aliphatic rings. The Labute approximate surface area is 119 Å². The van der Waals surface area contributed by atoms with Crippen LogP contribution >= 0.6 is 15.9 Å². The summed E-state index contributed by atoms with van der Waals surface area (Å²) in [7, 11) is 1.62. The molecule has 3 nitrogen and oxygen atoms in total. The van der Waals surface area contributed by atoms with Gasteiger partial charge < -0.3 is 10.6 Å². The van der Waals surface area contributed by atoms with Crippen LogP contribution in [0.3, 0.4) is 0 Å². The summed E-state index contributed by atoms with van der Waals surface area (Å²) in [6.45, 7) is 1.13. The summed E-state index contributed by atoms with van der Waals surface area (Å²) in [5, 5.41) is 0. The number of halogens is 4. The summed E-state index contributed by atoms with van der Waals surface area (Å²) in [5.74, 6) is -0.0385. The third kappa shape index (κ3) is 4.99. The fraction of sp³-hybridized carbons (Fsp3) is 0.583. The van der Waals surface area contributed by atoms with Gasteiger partial charge in [-0.2, -0.15) is 13.2 Å². The molecular formula is C12H17BrF3N3. The third-order valence-electron chi connectivity index (χ3n) is 2.70. The lowest BCUT2D eigenvalue weighted by Gasteiger charge is -2.22. The van der Waals surface area contributed by atoms with Gasteiger partial charge in [0, 0.05) is 24.3 Å². The molecule has 0 saturated carbocycles. The number of unbranched alkanes of at least 4 members (excludes halogenated alkanes) is 2. The van der Waals surface area contributed by atoms with E-state index in [1.807, 2.05) is 0 Å². The number of nitrogens with zero attached hydrogens (tertiary/aromatic N) is 2. The molecule has 0 unspecified atom stereocenters. The normalized spacial score (nSPS) is 11.7. The van der Waals surface area contributed by atoms with E-state index in [0.29, 0.717) is 17.6 Å². The molecular weight excluding hydrogens is 323 g/mol. The largest absolute Gasteiger partial charge is 0.419 e. The van der Waals surface area contributed by atoms with E-state index < -0.39 is 11.7 Å². The molecule has 0 radical (unpaired) electrons. The summed E-state index contributed by atoms with van der Waals surface area (Å²) in [5.41, 5.74) is 4.66. The smallest absolute Gasteiger partial charge is 0.359 e. The second kappa shape index (κ2) is 7.09. The van der Waals surface area contributed by atoms with E-state index in [1.54, 1.807) is 7.05 Å². The maximum atomic E-state index is 12.9. The SMILES string of the molecule is CN(CCCCCN)c1ncc(Br)cc1C(F)(F)F. The van der Waals surface area contributed by atoms with E-state index in [9.17, 15) is 13.2 Å². The van der Waals surface area contributed by atoms with Gasteiger partial charge >= 0.3 is 6.18 Å². The average molecular weight is 340 g/mol. The molecule has 0 aromatic carbocycles. The maximum Gasteiger partial charge on any atom is 0.419 e. The van der Waals surface area contributed by atoms with Crippen molar-refractivity contribution in [3.8, 4) is 0 Å². The highest BCUT2D eigenvalue weighted by Crippen LogP contribution is 2.36. The zero-order valence-corrected chi connectivity index (χ0v) is 12.3. The van der Waals surface area contributed by atoms with Gasteiger partial charge in [-0.05, 0) is 41.4 Å². The quantitative estimate of drug-likeness (QED) is 0.807. The lowest BCUT2D eigenvalue weighted by molar-refractivity contribution is -0.137.